The number of aromatic nitrogens is 2. The highest BCUT2D eigenvalue weighted by molar-refractivity contribution is 5.20. The van der Waals surface area contributed by atoms with Crippen LogP contribution in [0.2, 0.25) is 0 Å². The van der Waals surface area contributed by atoms with Gasteiger partial charge in [0, 0.05) is 12.0 Å². The molecule has 0 bridgehead atoms. The van der Waals surface area contributed by atoms with Crippen LogP contribution in [0.25, 0.3) is 0 Å². The van der Waals surface area contributed by atoms with Crippen LogP contribution in [0.15, 0.2) is 4.52 Å². The van der Waals surface area contributed by atoms with Gasteiger partial charge in [-0.1, -0.05) is 19.0 Å². The van der Waals surface area contributed by atoms with Crippen LogP contribution in [-0.4, -0.2) is 16.2 Å². The maximum Gasteiger partial charge on any atom is 0.321 e. The van der Waals surface area contributed by atoms with E-state index in [1.807, 2.05) is 13.8 Å². The highest BCUT2D eigenvalue weighted by Crippen LogP contribution is 2.16. The molecule has 4 nitrogen and oxygen atoms in total. The van der Waals surface area contributed by atoms with Gasteiger partial charge in [-0.05, 0) is 20.3 Å². The van der Waals surface area contributed by atoms with E-state index in [9.17, 15) is 0 Å². The molecule has 13 heavy (non-hydrogen) atoms. The molecule has 0 saturated heterocycles. The summed E-state index contributed by atoms with van der Waals surface area (Å²) in [5.74, 6) is 1.15. The molecule has 74 valence electrons. The Labute approximate surface area is 78.7 Å². The van der Waals surface area contributed by atoms with Crippen molar-refractivity contribution in [2.45, 2.75) is 46.1 Å². The van der Waals surface area contributed by atoms with Crippen LogP contribution >= 0.6 is 0 Å². The summed E-state index contributed by atoms with van der Waals surface area (Å²) < 4.78 is 5.03. The van der Waals surface area contributed by atoms with Crippen molar-refractivity contribution in [2.75, 3.05) is 5.32 Å². The van der Waals surface area contributed by atoms with E-state index in [-0.39, 0.29) is 0 Å². The zero-order valence-electron chi connectivity index (χ0n) is 8.66. The minimum Gasteiger partial charge on any atom is -0.336 e. The molecule has 0 aromatic carbocycles. The predicted molar refractivity (Wildman–Crippen MR) is 51.8 cm³/mol. The molecule has 0 saturated carbocycles. The first kappa shape index (κ1) is 10.0. The molecule has 1 unspecified atom stereocenters. The van der Waals surface area contributed by atoms with Gasteiger partial charge in [-0.25, -0.2) is 0 Å². The van der Waals surface area contributed by atoms with E-state index in [0.29, 0.717) is 18.0 Å². The minimum atomic E-state index is 0.324. The van der Waals surface area contributed by atoms with Crippen molar-refractivity contribution in [3.8, 4) is 0 Å². The van der Waals surface area contributed by atoms with Crippen molar-refractivity contribution in [1.29, 1.82) is 0 Å². The molecule has 1 heterocycles. The Morgan fingerprint density at radius 2 is 2.08 bits per heavy atom. The van der Waals surface area contributed by atoms with Gasteiger partial charge in [-0.2, -0.15) is 4.98 Å². The first-order chi connectivity index (χ1) is 6.13. The Morgan fingerprint density at radius 3 is 2.62 bits per heavy atom. The quantitative estimate of drug-likeness (QED) is 0.778. The molecule has 0 aliphatic rings. The van der Waals surface area contributed by atoms with Crippen LogP contribution in [0.3, 0.4) is 0 Å². The zero-order chi connectivity index (χ0) is 9.84. The molecule has 0 amide bonds. The van der Waals surface area contributed by atoms with E-state index < -0.39 is 0 Å². The van der Waals surface area contributed by atoms with Crippen LogP contribution in [0.5, 0.6) is 0 Å². The van der Waals surface area contributed by atoms with Gasteiger partial charge in [-0.3, -0.25) is 0 Å². The number of hydrogen-bond acceptors (Lipinski definition) is 4. The van der Waals surface area contributed by atoms with Crippen LogP contribution in [-0.2, 0) is 0 Å². The van der Waals surface area contributed by atoms with Crippen molar-refractivity contribution in [2.24, 2.45) is 0 Å². The molecule has 1 N–H and O–H groups in total. The average molecular weight is 183 g/mol. The highest BCUT2D eigenvalue weighted by Gasteiger charge is 2.11. The molecule has 0 fully saturated rings. The summed E-state index contributed by atoms with van der Waals surface area (Å²) in [6.45, 7) is 8.26. The third-order valence-corrected chi connectivity index (χ3v) is 1.91. The molecule has 0 spiro atoms. The summed E-state index contributed by atoms with van der Waals surface area (Å²) in [6.07, 6.45) is 1.03. The number of rotatable bonds is 4. The smallest absolute Gasteiger partial charge is 0.321 e. The topological polar surface area (TPSA) is 51.0 Å². The molecular weight excluding hydrogens is 166 g/mol. The number of nitrogens with one attached hydrogen (secondary N) is 1. The van der Waals surface area contributed by atoms with Crippen molar-refractivity contribution in [1.82, 2.24) is 10.1 Å². The van der Waals surface area contributed by atoms with E-state index in [2.05, 4.69) is 29.3 Å². The molecule has 1 rings (SSSR count). The lowest BCUT2D eigenvalue weighted by molar-refractivity contribution is 0.414. The lowest BCUT2D eigenvalue weighted by Gasteiger charge is -2.02. The predicted octanol–water partition coefficient (Wildman–Crippen LogP) is 2.40. The fraction of sp³-hybridized carbons (Fsp3) is 0.778. The van der Waals surface area contributed by atoms with E-state index in [1.54, 1.807) is 0 Å². The fourth-order valence-electron chi connectivity index (χ4n) is 0.923. The first-order valence-corrected chi connectivity index (χ1v) is 4.73. The van der Waals surface area contributed by atoms with Crippen molar-refractivity contribution in [3.63, 3.8) is 0 Å². The third kappa shape index (κ3) is 2.72. The largest absolute Gasteiger partial charge is 0.336 e. The maximum atomic E-state index is 5.03. The van der Waals surface area contributed by atoms with E-state index in [0.717, 1.165) is 12.2 Å². The Hall–Kier alpha value is -1.06. The molecule has 0 aliphatic carbocycles. The lowest BCUT2D eigenvalue weighted by atomic mass is 10.1. The summed E-state index contributed by atoms with van der Waals surface area (Å²) in [5, 5.41) is 6.96. The van der Waals surface area contributed by atoms with Gasteiger partial charge in [0.15, 0.2) is 5.82 Å². The van der Waals surface area contributed by atoms with E-state index in [4.69, 9.17) is 4.52 Å². The Balaban J connectivity index is 2.63. The summed E-state index contributed by atoms with van der Waals surface area (Å²) in [6, 6.07) is 0.843. The second-order valence-corrected chi connectivity index (χ2v) is 3.57. The van der Waals surface area contributed by atoms with Gasteiger partial charge in [-0.15, -0.1) is 0 Å². The van der Waals surface area contributed by atoms with Gasteiger partial charge < -0.3 is 9.84 Å². The second kappa shape index (κ2) is 4.25. The minimum absolute atomic E-state index is 0.324. The Morgan fingerprint density at radius 1 is 1.38 bits per heavy atom. The molecule has 1 atom stereocenters. The van der Waals surface area contributed by atoms with Crippen LogP contribution in [0.1, 0.15) is 45.9 Å². The SMILES string of the molecule is CCC(C)c1noc(NC(C)C)n1. The number of hydrogen-bond donors (Lipinski definition) is 1. The van der Waals surface area contributed by atoms with Crippen molar-refractivity contribution >= 4 is 6.01 Å². The first-order valence-electron chi connectivity index (χ1n) is 4.73. The van der Waals surface area contributed by atoms with Crippen molar-refractivity contribution in [3.05, 3.63) is 5.82 Å². The van der Waals surface area contributed by atoms with Gasteiger partial charge in [0.2, 0.25) is 0 Å². The van der Waals surface area contributed by atoms with Gasteiger partial charge in [0.25, 0.3) is 0 Å². The fourth-order valence-corrected chi connectivity index (χ4v) is 0.923. The highest BCUT2D eigenvalue weighted by atomic mass is 16.5. The normalized spacial score (nSPS) is 13.3. The van der Waals surface area contributed by atoms with Gasteiger partial charge >= 0.3 is 6.01 Å². The lowest BCUT2D eigenvalue weighted by Crippen LogP contribution is -2.09. The van der Waals surface area contributed by atoms with Crippen LogP contribution in [0.4, 0.5) is 6.01 Å². The molecule has 0 aliphatic heterocycles. The van der Waals surface area contributed by atoms with E-state index >= 15 is 0 Å². The molecule has 4 heteroatoms. The Bertz CT molecular complexity index is 257. The zero-order valence-corrected chi connectivity index (χ0v) is 8.66. The summed E-state index contributed by atoms with van der Waals surface area (Å²) >= 11 is 0. The van der Waals surface area contributed by atoms with E-state index in [1.165, 1.54) is 0 Å². The van der Waals surface area contributed by atoms with Gasteiger partial charge in [0.1, 0.15) is 0 Å². The third-order valence-electron chi connectivity index (χ3n) is 1.91. The standard InChI is InChI=1S/C9H17N3O/c1-5-7(4)8-11-9(13-12-8)10-6(2)3/h6-7H,5H2,1-4H3,(H,10,11,12). The summed E-state index contributed by atoms with van der Waals surface area (Å²) in [4.78, 5) is 4.23. The number of anilines is 1. The molecular formula is C9H17N3O. The monoisotopic (exact) mass is 183 g/mol. The van der Waals surface area contributed by atoms with Gasteiger partial charge in [0.05, 0.1) is 0 Å². The second-order valence-electron chi connectivity index (χ2n) is 3.57. The molecule has 0 radical (unpaired) electrons. The average Bonchev–Trinajstić information content (AvgIpc) is 2.50. The van der Waals surface area contributed by atoms with Crippen LogP contribution < -0.4 is 5.32 Å². The summed E-state index contributed by atoms with van der Waals surface area (Å²) in [7, 11) is 0. The summed E-state index contributed by atoms with van der Waals surface area (Å²) in [5.41, 5.74) is 0. The maximum absolute atomic E-state index is 5.03. The molecule has 1 aromatic rings. The Kier molecular flexibility index (Phi) is 3.28. The van der Waals surface area contributed by atoms with Crippen molar-refractivity contribution < 1.29 is 4.52 Å². The number of nitrogens with zero attached hydrogens (tertiary/aromatic N) is 2. The van der Waals surface area contributed by atoms with Crippen LogP contribution in [0, 0.1) is 0 Å². The molecule has 1 aromatic heterocycles.